The van der Waals surface area contributed by atoms with Gasteiger partial charge in [-0.2, -0.15) is 0 Å². The molecule has 0 aliphatic heterocycles. The van der Waals surface area contributed by atoms with Gasteiger partial charge in [0.15, 0.2) is 0 Å². The number of rotatable bonds is 8. The van der Waals surface area contributed by atoms with Crippen molar-refractivity contribution in [2.24, 2.45) is 0 Å². The van der Waals surface area contributed by atoms with Gasteiger partial charge in [-0.15, -0.1) is 11.8 Å². The summed E-state index contributed by atoms with van der Waals surface area (Å²) >= 11 is 7.46. The largest absolute Gasteiger partial charge is 0.491 e. The Morgan fingerprint density at radius 2 is 1.92 bits per heavy atom. The van der Waals surface area contributed by atoms with Gasteiger partial charge in [0, 0.05) is 16.5 Å². The number of carbonyl (C=O) groups excluding carboxylic acids is 1. The molecule has 2 aromatic rings. The van der Waals surface area contributed by atoms with Crippen LogP contribution in [0.1, 0.15) is 32.8 Å². The first-order valence-electron chi connectivity index (χ1n) is 8.43. The van der Waals surface area contributed by atoms with E-state index in [2.05, 4.69) is 5.32 Å². The van der Waals surface area contributed by atoms with Crippen LogP contribution in [0, 0.1) is 0 Å². The summed E-state index contributed by atoms with van der Waals surface area (Å²) in [5.74, 6) is 0.863. The Labute approximate surface area is 159 Å². The van der Waals surface area contributed by atoms with E-state index in [9.17, 15) is 4.79 Å². The number of carbonyl (C=O) groups is 1. The summed E-state index contributed by atoms with van der Waals surface area (Å²) in [4.78, 5) is 13.5. The summed E-state index contributed by atoms with van der Waals surface area (Å²) in [5, 5.41) is 3.59. The van der Waals surface area contributed by atoms with Crippen molar-refractivity contribution in [2.75, 3.05) is 0 Å². The van der Waals surface area contributed by atoms with Crippen LogP contribution in [0.15, 0.2) is 53.4 Å². The van der Waals surface area contributed by atoms with Crippen molar-refractivity contribution in [3.05, 3.63) is 59.1 Å². The molecule has 0 aromatic heterocycles. The van der Waals surface area contributed by atoms with Crippen LogP contribution >= 0.6 is 23.4 Å². The number of nitrogens with one attached hydrogen (secondary N) is 1. The van der Waals surface area contributed by atoms with Gasteiger partial charge in [0.1, 0.15) is 5.75 Å². The van der Waals surface area contributed by atoms with Crippen LogP contribution in [-0.2, 0) is 11.3 Å². The molecule has 1 amide bonds. The molecule has 0 saturated carbocycles. The van der Waals surface area contributed by atoms with Crippen LogP contribution in [0.2, 0.25) is 5.02 Å². The standard InChI is InChI=1S/C20H24ClNO2S/c1-4-19(25-18-10-8-16(21)9-11-18)20(23)22-13-15-6-5-7-17(12-15)24-14(2)3/h5-12,14,19H,4,13H2,1-3H3,(H,22,23)/t19-/m0/s1. The summed E-state index contributed by atoms with van der Waals surface area (Å²) in [6.07, 6.45) is 0.889. The SMILES string of the molecule is CC[C@H](Sc1ccc(Cl)cc1)C(=O)NCc1cccc(OC(C)C)c1. The number of hydrogen-bond donors (Lipinski definition) is 1. The molecule has 0 radical (unpaired) electrons. The van der Waals surface area contributed by atoms with E-state index in [0.717, 1.165) is 22.6 Å². The molecule has 1 atom stereocenters. The van der Waals surface area contributed by atoms with Crippen LogP contribution in [0.4, 0.5) is 0 Å². The number of amides is 1. The molecule has 25 heavy (non-hydrogen) atoms. The molecule has 2 rings (SSSR count). The summed E-state index contributed by atoms with van der Waals surface area (Å²) in [5.41, 5.74) is 1.03. The summed E-state index contributed by atoms with van der Waals surface area (Å²) < 4.78 is 5.69. The average Bonchev–Trinajstić information content (AvgIpc) is 2.59. The second-order valence-electron chi connectivity index (χ2n) is 6.00. The number of ether oxygens (including phenoxy) is 1. The molecular formula is C20H24ClNO2S. The van der Waals surface area contributed by atoms with Crippen molar-refractivity contribution in [2.45, 2.75) is 50.0 Å². The molecule has 0 unspecified atom stereocenters. The molecule has 0 aliphatic carbocycles. The normalized spacial score (nSPS) is 12.0. The van der Waals surface area contributed by atoms with Gasteiger partial charge in [-0.1, -0.05) is 30.7 Å². The first kappa shape index (κ1) is 19.7. The van der Waals surface area contributed by atoms with Crippen molar-refractivity contribution in [1.82, 2.24) is 5.32 Å². The third kappa shape index (κ3) is 6.63. The summed E-state index contributed by atoms with van der Waals surface area (Å²) in [6, 6.07) is 15.4. The maximum atomic E-state index is 12.5. The predicted molar refractivity (Wildman–Crippen MR) is 105 cm³/mol. The van der Waals surface area contributed by atoms with Crippen LogP contribution < -0.4 is 10.1 Å². The van der Waals surface area contributed by atoms with Crippen molar-refractivity contribution < 1.29 is 9.53 Å². The van der Waals surface area contributed by atoms with Gasteiger partial charge < -0.3 is 10.1 Å². The summed E-state index contributed by atoms with van der Waals surface area (Å²) in [7, 11) is 0. The third-order valence-electron chi connectivity index (χ3n) is 3.49. The van der Waals surface area contributed by atoms with Crippen LogP contribution in [0.5, 0.6) is 5.75 Å². The fourth-order valence-corrected chi connectivity index (χ4v) is 3.41. The molecule has 0 aliphatic rings. The van der Waals surface area contributed by atoms with Crippen LogP contribution in [-0.4, -0.2) is 17.3 Å². The van der Waals surface area contributed by atoms with Gasteiger partial charge in [0.05, 0.1) is 11.4 Å². The van der Waals surface area contributed by atoms with Crippen molar-refractivity contribution in [3.63, 3.8) is 0 Å². The number of halogens is 1. The molecule has 2 aromatic carbocycles. The third-order valence-corrected chi connectivity index (χ3v) is 5.12. The van der Waals surface area contributed by atoms with Crippen molar-refractivity contribution in [1.29, 1.82) is 0 Å². The Kier molecular flexibility index (Phi) is 7.66. The lowest BCUT2D eigenvalue weighted by molar-refractivity contribution is -0.120. The lowest BCUT2D eigenvalue weighted by atomic mass is 10.2. The molecule has 0 heterocycles. The maximum Gasteiger partial charge on any atom is 0.233 e. The van der Waals surface area contributed by atoms with E-state index < -0.39 is 0 Å². The maximum absolute atomic E-state index is 12.5. The molecular weight excluding hydrogens is 354 g/mol. The molecule has 5 heteroatoms. The highest BCUT2D eigenvalue weighted by molar-refractivity contribution is 8.00. The van der Waals surface area contributed by atoms with E-state index >= 15 is 0 Å². The molecule has 1 N–H and O–H groups in total. The number of thioether (sulfide) groups is 1. The summed E-state index contributed by atoms with van der Waals surface area (Å²) in [6.45, 7) is 6.50. The smallest absolute Gasteiger partial charge is 0.233 e. The lowest BCUT2D eigenvalue weighted by Crippen LogP contribution is -2.31. The van der Waals surface area contributed by atoms with Gasteiger partial charge in [-0.3, -0.25) is 4.79 Å². The van der Waals surface area contributed by atoms with Gasteiger partial charge in [-0.05, 0) is 62.2 Å². The van der Waals surface area contributed by atoms with Crippen LogP contribution in [0.25, 0.3) is 0 Å². The highest BCUT2D eigenvalue weighted by atomic mass is 35.5. The second-order valence-corrected chi connectivity index (χ2v) is 7.71. The Balaban J connectivity index is 1.92. The molecule has 0 saturated heterocycles. The first-order chi connectivity index (χ1) is 12.0. The fourth-order valence-electron chi connectivity index (χ4n) is 2.30. The highest BCUT2D eigenvalue weighted by Gasteiger charge is 2.17. The minimum atomic E-state index is -0.128. The van der Waals surface area contributed by atoms with Gasteiger partial charge in [-0.25, -0.2) is 0 Å². The van der Waals surface area contributed by atoms with Gasteiger partial charge in [0.25, 0.3) is 0 Å². The van der Waals surface area contributed by atoms with E-state index in [1.807, 2.05) is 69.3 Å². The van der Waals surface area contributed by atoms with Crippen molar-refractivity contribution >= 4 is 29.3 Å². The van der Waals surface area contributed by atoms with Gasteiger partial charge in [0.2, 0.25) is 5.91 Å². The monoisotopic (exact) mass is 377 g/mol. The zero-order valence-electron chi connectivity index (χ0n) is 14.8. The zero-order valence-corrected chi connectivity index (χ0v) is 16.4. The number of hydrogen-bond acceptors (Lipinski definition) is 3. The lowest BCUT2D eigenvalue weighted by Gasteiger charge is -2.15. The van der Waals surface area contributed by atoms with E-state index in [-0.39, 0.29) is 17.3 Å². The van der Waals surface area contributed by atoms with Gasteiger partial charge >= 0.3 is 0 Å². The molecule has 0 fully saturated rings. The zero-order chi connectivity index (χ0) is 18.2. The van der Waals surface area contributed by atoms with E-state index in [4.69, 9.17) is 16.3 Å². The second kappa shape index (κ2) is 9.73. The van der Waals surface area contributed by atoms with Crippen LogP contribution in [0.3, 0.4) is 0 Å². The highest BCUT2D eigenvalue weighted by Crippen LogP contribution is 2.27. The molecule has 134 valence electrons. The average molecular weight is 378 g/mol. The quantitative estimate of drug-likeness (QED) is 0.633. The Morgan fingerprint density at radius 1 is 1.20 bits per heavy atom. The topological polar surface area (TPSA) is 38.3 Å². The Morgan fingerprint density at radius 3 is 2.56 bits per heavy atom. The van der Waals surface area contributed by atoms with E-state index in [0.29, 0.717) is 11.6 Å². The van der Waals surface area contributed by atoms with Crippen molar-refractivity contribution in [3.8, 4) is 5.75 Å². The van der Waals surface area contributed by atoms with E-state index in [1.54, 1.807) is 11.8 Å². The molecule has 0 spiro atoms. The molecule has 0 bridgehead atoms. The fraction of sp³-hybridized carbons (Fsp3) is 0.350. The first-order valence-corrected chi connectivity index (χ1v) is 9.69. The Hall–Kier alpha value is -1.65. The predicted octanol–water partition coefficient (Wildman–Crippen LogP) is 5.31. The van der Waals surface area contributed by atoms with E-state index in [1.165, 1.54) is 0 Å². The minimum absolute atomic E-state index is 0.0395. The minimum Gasteiger partial charge on any atom is -0.491 e. The number of benzene rings is 2. The molecule has 3 nitrogen and oxygen atoms in total. The Bertz CT molecular complexity index is 688.